The van der Waals surface area contributed by atoms with Crippen LogP contribution in [0.15, 0.2) is 54.1 Å². The predicted octanol–water partition coefficient (Wildman–Crippen LogP) is 4.46. The molecule has 0 saturated carbocycles. The van der Waals surface area contributed by atoms with Crippen LogP contribution in [0.3, 0.4) is 0 Å². The van der Waals surface area contributed by atoms with Gasteiger partial charge in [-0.3, -0.25) is 4.79 Å². The number of carbonyl (C=O) groups is 1. The Balaban J connectivity index is 2.33. The normalized spacial score (nSPS) is 13.4. The minimum atomic E-state index is -0.169. The molecule has 1 unspecified atom stereocenters. The van der Waals surface area contributed by atoms with Gasteiger partial charge in [-0.15, -0.1) is 0 Å². The quantitative estimate of drug-likeness (QED) is 0.541. The molecule has 0 fully saturated rings. The van der Waals surface area contributed by atoms with Gasteiger partial charge in [-0.25, -0.2) is 0 Å². The topological polar surface area (TPSA) is 26.3 Å². The minimum absolute atomic E-state index is 0.0862. The van der Waals surface area contributed by atoms with E-state index < -0.39 is 0 Å². The van der Waals surface area contributed by atoms with Gasteiger partial charge in [-0.05, 0) is 25.8 Å². The Morgan fingerprint density at radius 2 is 2.00 bits per heavy atom. The summed E-state index contributed by atoms with van der Waals surface area (Å²) < 4.78 is 5.39. The van der Waals surface area contributed by atoms with Crippen molar-refractivity contribution in [1.29, 1.82) is 0 Å². The summed E-state index contributed by atoms with van der Waals surface area (Å²) in [6, 6.07) is 9.67. The molecule has 20 heavy (non-hydrogen) atoms. The van der Waals surface area contributed by atoms with Crippen molar-refractivity contribution in [2.45, 2.75) is 46.1 Å². The minimum Gasteiger partial charge on any atom is -0.462 e. The van der Waals surface area contributed by atoms with Crippen LogP contribution in [0.5, 0.6) is 0 Å². The van der Waals surface area contributed by atoms with Crippen LogP contribution < -0.4 is 0 Å². The molecule has 1 aromatic rings. The molecule has 0 aliphatic rings. The fourth-order valence-corrected chi connectivity index (χ4v) is 1.91. The van der Waals surface area contributed by atoms with Crippen molar-refractivity contribution in [3.63, 3.8) is 0 Å². The van der Waals surface area contributed by atoms with E-state index in [0.717, 1.165) is 18.4 Å². The van der Waals surface area contributed by atoms with Gasteiger partial charge in [0.05, 0.1) is 6.42 Å². The van der Waals surface area contributed by atoms with Crippen molar-refractivity contribution in [2.75, 3.05) is 0 Å². The Bertz CT molecular complexity index is 458. The maximum absolute atomic E-state index is 11.8. The average Bonchev–Trinajstić information content (AvgIpc) is 2.39. The van der Waals surface area contributed by atoms with Gasteiger partial charge in [0.15, 0.2) is 0 Å². The van der Waals surface area contributed by atoms with E-state index in [-0.39, 0.29) is 12.1 Å². The van der Waals surface area contributed by atoms with E-state index in [2.05, 4.69) is 32.1 Å². The smallest absolute Gasteiger partial charge is 0.310 e. The molecule has 0 bridgehead atoms. The summed E-state index contributed by atoms with van der Waals surface area (Å²) in [6.07, 6.45) is 8.34. The monoisotopic (exact) mass is 272 g/mol. The highest BCUT2D eigenvalue weighted by molar-refractivity contribution is 5.72. The number of benzene rings is 1. The second kappa shape index (κ2) is 9.13. The molecule has 1 atom stereocenters. The summed E-state index contributed by atoms with van der Waals surface area (Å²) in [5, 5.41) is 0. The lowest BCUT2D eigenvalue weighted by molar-refractivity contribution is -0.147. The van der Waals surface area contributed by atoms with E-state index in [1.165, 1.54) is 5.57 Å². The highest BCUT2D eigenvalue weighted by Gasteiger charge is 2.08. The molecule has 2 nitrogen and oxygen atoms in total. The summed E-state index contributed by atoms with van der Waals surface area (Å²) in [5.74, 6) is -0.169. The molecular formula is C18H24O2. The fraction of sp³-hybridized carbons (Fsp3) is 0.389. The second-order valence-electron chi connectivity index (χ2n) is 4.96. The molecule has 1 rings (SSSR count). The first-order valence-corrected chi connectivity index (χ1v) is 7.18. The third kappa shape index (κ3) is 6.93. The van der Waals surface area contributed by atoms with Gasteiger partial charge < -0.3 is 4.74 Å². The van der Waals surface area contributed by atoms with Gasteiger partial charge in [0.2, 0.25) is 0 Å². The van der Waals surface area contributed by atoms with E-state index in [0.29, 0.717) is 6.42 Å². The molecule has 0 radical (unpaired) electrons. The highest BCUT2D eigenvalue weighted by atomic mass is 16.5. The standard InChI is InChI=1S/C18H24O2/c1-4-9-15(2)10-8-11-16(3)20-18(19)14-17-12-6-5-7-13-17/h5-10,12-13,16H,4,11,14H2,1-3H3/b10-8+,15-9+. The van der Waals surface area contributed by atoms with E-state index in [9.17, 15) is 4.79 Å². The Morgan fingerprint density at radius 3 is 2.65 bits per heavy atom. The van der Waals surface area contributed by atoms with E-state index in [1.807, 2.05) is 37.3 Å². The third-order valence-corrected chi connectivity index (χ3v) is 2.90. The van der Waals surface area contributed by atoms with Crippen LogP contribution >= 0.6 is 0 Å². The average molecular weight is 272 g/mol. The van der Waals surface area contributed by atoms with E-state index in [1.54, 1.807) is 0 Å². The lowest BCUT2D eigenvalue weighted by Crippen LogP contribution is -2.16. The number of rotatable bonds is 7. The zero-order chi connectivity index (χ0) is 14.8. The Morgan fingerprint density at radius 1 is 1.30 bits per heavy atom. The molecule has 0 saturated heterocycles. The second-order valence-corrected chi connectivity index (χ2v) is 4.96. The van der Waals surface area contributed by atoms with Gasteiger partial charge in [0, 0.05) is 6.42 Å². The summed E-state index contributed by atoms with van der Waals surface area (Å²) in [4.78, 5) is 11.8. The molecule has 0 aliphatic carbocycles. The zero-order valence-electron chi connectivity index (χ0n) is 12.6. The maximum Gasteiger partial charge on any atom is 0.310 e. The predicted molar refractivity (Wildman–Crippen MR) is 83.5 cm³/mol. The molecule has 108 valence electrons. The molecule has 0 aliphatic heterocycles. The molecule has 0 amide bonds. The molecule has 0 heterocycles. The molecule has 0 N–H and O–H groups in total. The Hall–Kier alpha value is -1.83. The Kier molecular flexibility index (Phi) is 7.41. The van der Waals surface area contributed by atoms with Gasteiger partial charge in [0.25, 0.3) is 0 Å². The van der Waals surface area contributed by atoms with Gasteiger partial charge in [0.1, 0.15) is 6.10 Å². The molecule has 1 aromatic carbocycles. The number of hydrogen-bond donors (Lipinski definition) is 0. The zero-order valence-corrected chi connectivity index (χ0v) is 12.6. The summed E-state index contributed by atoms with van der Waals surface area (Å²) in [6.45, 7) is 6.11. The van der Waals surface area contributed by atoms with Gasteiger partial charge >= 0.3 is 5.97 Å². The highest BCUT2D eigenvalue weighted by Crippen LogP contribution is 2.06. The van der Waals surface area contributed by atoms with Crippen molar-refractivity contribution in [3.05, 3.63) is 59.7 Å². The first-order chi connectivity index (χ1) is 9.61. The molecule has 2 heteroatoms. The van der Waals surface area contributed by atoms with Crippen molar-refractivity contribution in [3.8, 4) is 0 Å². The number of allylic oxidation sites excluding steroid dienone is 3. The van der Waals surface area contributed by atoms with Crippen LogP contribution in [0.2, 0.25) is 0 Å². The van der Waals surface area contributed by atoms with Crippen LogP contribution in [0, 0.1) is 0 Å². The molecule has 0 spiro atoms. The maximum atomic E-state index is 11.8. The largest absolute Gasteiger partial charge is 0.462 e. The lowest BCUT2D eigenvalue weighted by atomic mass is 10.1. The molecular weight excluding hydrogens is 248 g/mol. The SMILES string of the molecule is CC/C=C(C)/C=C/CC(C)OC(=O)Cc1ccccc1. The van der Waals surface area contributed by atoms with Crippen LogP contribution in [-0.2, 0) is 16.0 Å². The van der Waals surface area contributed by atoms with Crippen molar-refractivity contribution >= 4 is 5.97 Å². The van der Waals surface area contributed by atoms with Crippen LogP contribution in [0.4, 0.5) is 0 Å². The van der Waals surface area contributed by atoms with Gasteiger partial charge in [-0.1, -0.05) is 61.1 Å². The van der Waals surface area contributed by atoms with E-state index >= 15 is 0 Å². The number of esters is 1. The first kappa shape index (κ1) is 16.2. The first-order valence-electron chi connectivity index (χ1n) is 7.18. The van der Waals surface area contributed by atoms with Crippen molar-refractivity contribution < 1.29 is 9.53 Å². The van der Waals surface area contributed by atoms with Crippen molar-refractivity contribution in [2.24, 2.45) is 0 Å². The van der Waals surface area contributed by atoms with Crippen LogP contribution in [0.25, 0.3) is 0 Å². The van der Waals surface area contributed by atoms with E-state index in [4.69, 9.17) is 4.74 Å². The number of carbonyl (C=O) groups excluding carboxylic acids is 1. The fourth-order valence-electron chi connectivity index (χ4n) is 1.91. The van der Waals surface area contributed by atoms with Crippen molar-refractivity contribution in [1.82, 2.24) is 0 Å². The van der Waals surface area contributed by atoms with Crippen LogP contribution in [0.1, 0.15) is 39.2 Å². The Labute approximate surface area is 122 Å². The molecule has 0 aromatic heterocycles. The van der Waals surface area contributed by atoms with Crippen LogP contribution in [-0.4, -0.2) is 12.1 Å². The van der Waals surface area contributed by atoms with Gasteiger partial charge in [-0.2, -0.15) is 0 Å². The summed E-state index contributed by atoms with van der Waals surface area (Å²) >= 11 is 0. The lowest BCUT2D eigenvalue weighted by Gasteiger charge is -2.11. The number of hydrogen-bond acceptors (Lipinski definition) is 2. The summed E-state index contributed by atoms with van der Waals surface area (Å²) in [7, 11) is 0. The third-order valence-electron chi connectivity index (χ3n) is 2.90. The summed E-state index contributed by atoms with van der Waals surface area (Å²) in [5.41, 5.74) is 2.23. The number of ether oxygens (including phenoxy) is 1.